The Hall–Kier alpha value is -6.88. The predicted octanol–water partition coefficient (Wildman–Crippen LogP) is 12.3. The number of fused-ring (bicyclic) bond motifs is 10. The zero-order valence-electron chi connectivity index (χ0n) is 28.1. The van der Waals surface area contributed by atoms with Crippen LogP contribution < -0.4 is 0 Å². The molecule has 10 rings (SSSR count). The van der Waals surface area contributed by atoms with E-state index < -0.39 is 0 Å². The van der Waals surface area contributed by atoms with Crippen molar-refractivity contribution in [2.45, 2.75) is 19.3 Å². The van der Waals surface area contributed by atoms with Gasteiger partial charge in [-0.1, -0.05) is 98.8 Å². The van der Waals surface area contributed by atoms with Crippen molar-refractivity contribution in [2.75, 3.05) is 0 Å². The number of rotatable bonds is 3. The van der Waals surface area contributed by atoms with Gasteiger partial charge in [0.25, 0.3) is 0 Å². The van der Waals surface area contributed by atoms with E-state index in [-0.39, 0.29) is 5.41 Å². The Balaban J connectivity index is 1.18. The highest BCUT2D eigenvalue weighted by atomic mass is 15.0. The summed E-state index contributed by atoms with van der Waals surface area (Å²) in [6, 6.07) is 53.7. The van der Waals surface area contributed by atoms with Crippen molar-refractivity contribution in [3.05, 3.63) is 174 Å². The lowest BCUT2D eigenvalue weighted by Gasteiger charge is -2.24. The van der Waals surface area contributed by atoms with Gasteiger partial charge in [-0.2, -0.15) is 5.26 Å². The number of hydrogen-bond donors (Lipinski definition) is 0. The second kappa shape index (κ2) is 10.6. The van der Waals surface area contributed by atoms with E-state index in [9.17, 15) is 5.26 Å². The maximum atomic E-state index is 9.63. The lowest BCUT2D eigenvalue weighted by Crippen LogP contribution is -2.16. The molecule has 9 aromatic rings. The molecule has 1 aliphatic carbocycles. The Morgan fingerprint density at radius 1 is 0.569 bits per heavy atom. The average Bonchev–Trinajstić information content (AvgIpc) is 3.77. The average molecular weight is 651 g/mol. The normalized spacial score (nSPS) is 13.0. The smallest absolute Gasteiger partial charge is 0.187 e. The summed E-state index contributed by atoms with van der Waals surface area (Å²) in [5, 5.41) is 14.3. The second-order valence-electron chi connectivity index (χ2n) is 14.0. The number of hydrogen-bond acceptors (Lipinski definition) is 1. The van der Waals surface area contributed by atoms with Crippen LogP contribution in [0.4, 0.5) is 5.69 Å². The molecule has 0 radical (unpaired) electrons. The number of nitriles is 1. The van der Waals surface area contributed by atoms with Gasteiger partial charge in [-0.3, -0.25) is 0 Å². The molecule has 238 valence electrons. The minimum Gasteiger partial charge on any atom is -0.309 e. The zero-order valence-corrected chi connectivity index (χ0v) is 28.1. The van der Waals surface area contributed by atoms with Crippen molar-refractivity contribution >= 4 is 49.3 Å². The first kappa shape index (κ1) is 29.1. The molecule has 0 N–H and O–H groups in total. The summed E-state index contributed by atoms with van der Waals surface area (Å²) in [7, 11) is 0. The summed E-state index contributed by atoms with van der Waals surface area (Å²) in [4.78, 5) is 3.76. The van der Waals surface area contributed by atoms with Crippen LogP contribution in [0.2, 0.25) is 0 Å². The van der Waals surface area contributed by atoms with Crippen LogP contribution in [0.15, 0.2) is 146 Å². The Labute approximate surface area is 295 Å². The second-order valence-corrected chi connectivity index (χ2v) is 14.0. The highest BCUT2D eigenvalue weighted by molar-refractivity contribution is 6.13. The SMILES string of the molecule is [C-]#[N+]c1ccc2c(c1)-c1ccc3c4ccccc4n(-c4cccc(-c5cccc(-n6c7ccccc7c7cc(C#N)ccc76)c5)c4)c3c1C2(C)C. The summed E-state index contributed by atoms with van der Waals surface area (Å²) in [5.41, 5.74) is 15.0. The van der Waals surface area contributed by atoms with Crippen LogP contribution in [0.25, 0.3) is 82.1 Å². The lowest BCUT2D eigenvalue weighted by atomic mass is 9.81. The van der Waals surface area contributed by atoms with Gasteiger partial charge in [0, 0.05) is 38.3 Å². The quantitative estimate of drug-likeness (QED) is 0.175. The number of nitrogens with zero attached hydrogens (tertiary/aromatic N) is 4. The number of para-hydroxylation sites is 2. The van der Waals surface area contributed by atoms with Crippen molar-refractivity contribution in [3.63, 3.8) is 0 Å². The van der Waals surface area contributed by atoms with E-state index in [1.54, 1.807) is 0 Å². The van der Waals surface area contributed by atoms with Crippen LogP contribution in [0.5, 0.6) is 0 Å². The Morgan fingerprint density at radius 3 is 1.92 bits per heavy atom. The third-order valence-corrected chi connectivity index (χ3v) is 10.9. The monoisotopic (exact) mass is 650 g/mol. The largest absolute Gasteiger partial charge is 0.309 e. The molecule has 4 nitrogen and oxygen atoms in total. The van der Waals surface area contributed by atoms with Crippen molar-refractivity contribution < 1.29 is 0 Å². The Kier molecular flexibility index (Phi) is 6.02. The highest BCUT2D eigenvalue weighted by Crippen LogP contribution is 2.53. The minimum atomic E-state index is -0.251. The van der Waals surface area contributed by atoms with Crippen molar-refractivity contribution in [2.24, 2.45) is 0 Å². The Morgan fingerprint density at radius 2 is 1.22 bits per heavy atom. The molecular formula is C47H30N4. The minimum absolute atomic E-state index is 0.251. The molecule has 51 heavy (non-hydrogen) atoms. The third kappa shape index (κ3) is 4.05. The standard InChI is InChI=1S/C47H30N4/c1-47(2)41-22-19-32(49-3)27-39(41)37-20-21-38-35-14-4-7-17-43(35)51(46(38)45(37)47)34-13-9-11-31(26-34)30-10-8-12-33(25-30)50-42-16-6-5-15-36(42)40-24-29(28-48)18-23-44(40)50/h4-27H,1-2H3. The van der Waals surface area contributed by atoms with Gasteiger partial charge >= 0.3 is 0 Å². The molecule has 0 saturated carbocycles. The molecule has 0 unspecified atom stereocenters. The molecule has 4 heteroatoms. The van der Waals surface area contributed by atoms with Crippen LogP contribution in [-0.4, -0.2) is 9.13 Å². The molecule has 0 aliphatic heterocycles. The fourth-order valence-electron chi connectivity index (χ4n) is 8.66. The van der Waals surface area contributed by atoms with Gasteiger partial charge in [0.1, 0.15) is 0 Å². The molecule has 0 amide bonds. The summed E-state index contributed by atoms with van der Waals surface area (Å²) >= 11 is 0. The van der Waals surface area contributed by atoms with Crippen LogP contribution in [0.3, 0.4) is 0 Å². The summed E-state index contributed by atoms with van der Waals surface area (Å²) in [6.45, 7) is 12.3. The maximum Gasteiger partial charge on any atom is 0.187 e. The fourth-order valence-corrected chi connectivity index (χ4v) is 8.66. The van der Waals surface area contributed by atoms with E-state index in [2.05, 4.69) is 161 Å². The first-order valence-corrected chi connectivity index (χ1v) is 17.2. The van der Waals surface area contributed by atoms with Crippen LogP contribution >= 0.6 is 0 Å². The van der Waals surface area contributed by atoms with Gasteiger partial charge < -0.3 is 9.13 Å². The molecule has 0 spiro atoms. The van der Waals surface area contributed by atoms with Gasteiger partial charge in [0.15, 0.2) is 5.69 Å². The summed E-state index contributed by atoms with van der Waals surface area (Å²) in [6.07, 6.45) is 0. The van der Waals surface area contributed by atoms with Crippen LogP contribution in [-0.2, 0) is 5.41 Å². The van der Waals surface area contributed by atoms with Crippen LogP contribution in [0, 0.1) is 17.9 Å². The van der Waals surface area contributed by atoms with E-state index in [0.29, 0.717) is 11.3 Å². The molecule has 2 aromatic heterocycles. The fraction of sp³-hybridized carbons (Fsp3) is 0.0638. The first-order chi connectivity index (χ1) is 25.0. The van der Waals surface area contributed by atoms with E-state index in [1.165, 1.54) is 38.5 Å². The highest BCUT2D eigenvalue weighted by Gasteiger charge is 2.38. The van der Waals surface area contributed by atoms with Gasteiger partial charge in [-0.05, 0) is 94.0 Å². The molecule has 7 aromatic carbocycles. The van der Waals surface area contributed by atoms with Crippen molar-refractivity contribution in [1.29, 1.82) is 5.26 Å². The predicted molar refractivity (Wildman–Crippen MR) is 209 cm³/mol. The summed E-state index contributed by atoms with van der Waals surface area (Å²) in [5.74, 6) is 0. The van der Waals surface area contributed by atoms with Crippen LogP contribution in [0.1, 0.15) is 30.5 Å². The molecule has 0 atom stereocenters. The third-order valence-electron chi connectivity index (χ3n) is 10.9. The van der Waals surface area contributed by atoms with Gasteiger partial charge in [0.2, 0.25) is 0 Å². The zero-order chi connectivity index (χ0) is 34.4. The molecule has 0 saturated heterocycles. The summed E-state index contributed by atoms with van der Waals surface area (Å²) < 4.78 is 4.74. The van der Waals surface area contributed by atoms with Gasteiger partial charge in [-0.25, -0.2) is 4.85 Å². The van der Waals surface area contributed by atoms with Gasteiger partial charge in [0.05, 0.1) is 40.3 Å². The first-order valence-electron chi connectivity index (χ1n) is 17.2. The van der Waals surface area contributed by atoms with Crippen molar-refractivity contribution in [1.82, 2.24) is 9.13 Å². The van der Waals surface area contributed by atoms with E-state index in [0.717, 1.165) is 49.9 Å². The topological polar surface area (TPSA) is 38.0 Å². The Bertz CT molecular complexity index is 3030. The maximum absolute atomic E-state index is 9.63. The molecule has 0 bridgehead atoms. The van der Waals surface area contributed by atoms with E-state index in [1.807, 2.05) is 18.2 Å². The molecule has 1 aliphatic rings. The number of benzene rings is 7. The molecule has 2 heterocycles. The van der Waals surface area contributed by atoms with Gasteiger partial charge in [-0.15, -0.1) is 0 Å². The molecule has 0 fully saturated rings. The van der Waals surface area contributed by atoms with Crippen molar-refractivity contribution in [3.8, 4) is 39.7 Å². The van der Waals surface area contributed by atoms with E-state index in [4.69, 9.17) is 6.57 Å². The van der Waals surface area contributed by atoms with E-state index >= 15 is 0 Å². The molecular weight excluding hydrogens is 621 g/mol. The lowest BCUT2D eigenvalue weighted by molar-refractivity contribution is 0.664. The number of aromatic nitrogens is 2.